The Morgan fingerprint density at radius 3 is 2.72 bits per heavy atom. The molecule has 1 fully saturated rings. The maximum atomic E-state index is 12.2. The molecule has 0 saturated heterocycles. The van der Waals surface area contributed by atoms with E-state index >= 15 is 0 Å². The number of rotatable bonds is 2. The second kappa shape index (κ2) is 4.30. The Balaban J connectivity index is 2.29. The van der Waals surface area contributed by atoms with Crippen LogP contribution in [0.25, 0.3) is 0 Å². The van der Waals surface area contributed by atoms with Crippen molar-refractivity contribution < 1.29 is 9.90 Å². The van der Waals surface area contributed by atoms with Crippen LogP contribution in [-0.2, 0) is 0 Å². The summed E-state index contributed by atoms with van der Waals surface area (Å²) >= 11 is 0. The summed E-state index contributed by atoms with van der Waals surface area (Å²) in [6.07, 6.45) is 3.83. The van der Waals surface area contributed by atoms with Crippen LogP contribution in [0.4, 0.5) is 0 Å². The van der Waals surface area contributed by atoms with Gasteiger partial charge in [-0.2, -0.15) is 5.26 Å². The normalized spacial score (nSPS) is 16.5. The lowest BCUT2D eigenvalue weighted by Gasteiger charge is -2.42. The van der Waals surface area contributed by atoms with Gasteiger partial charge in [0.05, 0.1) is 6.07 Å². The van der Waals surface area contributed by atoms with Crippen LogP contribution in [0.2, 0.25) is 0 Å². The maximum absolute atomic E-state index is 12.2. The lowest BCUT2D eigenvalue weighted by atomic mass is 9.76. The molecule has 0 atom stereocenters. The van der Waals surface area contributed by atoms with Crippen molar-refractivity contribution in [3.63, 3.8) is 0 Å². The van der Waals surface area contributed by atoms with E-state index in [0.29, 0.717) is 12.8 Å². The van der Waals surface area contributed by atoms with E-state index in [9.17, 15) is 15.2 Å². The molecule has 1 aliphatic rings. The van der Waals surface area contributed by atoms with Gasteiger partial charge in [0.15, 0.2) is 5.69 Å². The summed E-state index contributed by atoms with van der Waals surface area (Å²) < 4.78 is 0. The number of aromatic nitrogens is 1. The van der Waals surface area contributed by atoms with Crippen LogP contribution >= 0.6 is 0 Å². The van der Waals surface area contributed by atoms with E-state index < -0.39 is 11.4 Å². The first kappa shape index (κ1) is 12.4. The third-order valence-corrected chi connectivity index (χ3v) is 3.54. The number of carbonyl (C=O) groups excluding carboxylic acids is 1. The molecule has 1 saturated carbocycles. The van der Waals surface area contributed by atoms with Crippen molar-refractivity contribution in [3.05, 3.63) is 23.5 Å². The van der Waals surface area contributed by atoms with Gasteiger partial charge in [-0.3, -0.25) is 4.79 Å². The third kappa shape index (κ3) is 1.80. The van der Waals surface area contributed by atoms with Crippen LogP contribution in [0.1, 0.15) is 35.3 Å². The minimum Gasteiger partial charge on any atom is -0.505 e. The van der Waals surface area contributed by atoms with Crippen molar-refractivity contribution in [2.75, 3.05) is 7.05 Å². The second-order valence-electron chi connectivity index (χ2n) is 4.74. The molecule has 0 aromatic carbocycles. The second-order valence-corrected chi connectivity index (χ2v) is 4.74. The molecule has 0 unspecified atom stereocenters. The largest absolute Gasteiger partial charge is 0.505 e. The van der Waals surface area contributed by atoms with Crippen LogP contribution < -0.4 is 0 Å². The van der Waals surface area contributed by atoms with Gasteiger partial charge in [-0.05, 0) is 37.8 Å². The Morgan fingerprint density at radius 2 is 2.28 bits per heavy atom. The third-order valence-electron chi connectivity index (χ3n) is 3.54. The highest BCUT2D eigenvalue weighted by Crippen LogP contribution is 2.37. The van der Waals surface area contributed by atoms with Crippen LogP contribution in [0.5, 0.6) is 5.75 Å². The molecule has 0 spiro atoms. The fourth-order valence-corrected chi connectivity index (χ4v) is 2.11. The molecule has 5 nitrogen and oxygen atoms in total. The molecule has 0 radical (unpaired) electrons. The quantitative estimate of drug-likeness (QED) is 0.858. The summed E-state index contributed by atoms with van der Waals surface area (Å²) in [5, 5.41) is 18.9. The molecule has 0 aliphatic heterocycles. The van der Waals surface area contributed by atoms with E-state index in [1.54, 1.807) is 14.0 Å². The summed E-state index contributed by atoms with van der Waals surface area (Å²) in [4.78, 5) is 17.6. The summed E-state index contributed by atoms with van der Waals surface area (Å²) in [7, 11) is 1.59. The number of hydrogen-bond donors (Lipinski definition) is 1. The molecular formula is C13H15N3O2. The number of amides is 1. The molecule has 1 aromatic heterocycles. The van der Waals surface area contributed by atoms with Crippen molar-refractivity contribution in [3.8, 4) is 11.8 Å². The van der Waals surface area contributed by atoms with E-state index in [2.05, 4.69) is 11.1 Å². The van der Waals surface area contributed by atoms with Gasteiger partial charge in [-0.1, -0.05) is 0 Å². The van der Waals surface area contributed by atoms with Crippen LogP contribution in [0.3, 0.4) is 0 Å². The Kier molecular flexibility index (Phi) is 2.95. The molecule has 1 N–H and O–H groups in total. The fraction of sp³-hybridized carbons (Fsp3) is 0.462. The van der Waals surface area contributed by atoms with Crippen molar-refractivity contribution in [2.24, 2.45) is 0 Å². The number of aromatic hydroxyl groups is 1. The summed E-state index contributed by atoms with van der Waals surface area (Å²) in [5.41, 5.74) is 0.0609. The highest BCUT2D eigenvalue weighted by molar-refractivity contribution is 5.95. The molecule has 5 heteroatoms. The fourth-order valence-electron chi connectivity index (χ4n) is 2.11. The molecule has 1 amide bonds. The Labute approximate surface area is 106 Å². The molecule has 0 bridgehead atoms. The lowest BCUT2D eigenvalue weighted by molar-refractivity contribution is 0.0488. The first-order chi connectivity index (χ1) is 8.50. The summed E-state index contributed by atoms with van der Waals surface area (Å²) in [5.74, 6) is -0.548. The zero-order valence-electron chi connectivity index (χ0n) is 10.5. The Bertz CT molecular complexity index is 530. The molecule has 2 rings (SSSR count). The highest BCUT2D eigenvalue weighted by atomic mass is 16.3. The number of nitrogens with zero attached hydrogens (tertiary/aromatic N) is 3. The van der Waals surface area contributed by atoms with Gasteiger partial charge < -0.3 is 10.0 Å². The predicted molar refractivity (Wildman–Crippen MR) is 64.9 cm³/mol. The topological polar surface area (TPSA) is 77.2 Å². The van der Waals surface area contributed by atoms with Gasteiger partial charge in [0.1, 0.15) is 11.3 Å². The average Bonchev–Trinajstić information content (AvgIpc) is 2.27. The van der Waals surface area contributed by atoms with Gasteiger partial charge in [0.2, 0.25) is 0 Å². The molecule has 1 aliphatic carbocycles. The van der Waals surface area contributed by atoms with Gasteiger partial charge in [-0.25, -0.2) is 4.98 Å². The monoisotopic (exact) mass is 245 g/mol. The van der Waals surface area contributed by atoms with E-state index in [-0.39, 0.29) is 11.4 Å². The van der Waals surface area contributed by atoms with Gasteiger partial charge in [0.25, 0.3) is 5.91 Å². The molecule has 94 valence electrons. The SMILES string of the molecule is Cc1cnc(C(=O)N(C)C2(C#N)CCC2)c(O)c1. The number of hydrogen-bond acceptors (Lipinski definition) is 4. The highest BCUT2D eigenvalue weighted by Gasteiger charge is 2.44. The van der Waals surface area contributed by atoms with E-state index in [1.807, 2.05) is 0 Å². The smallest absolute Gasteiger partial charge is 0.277 e. The Morgan fingerprint density at radius 1 is 1.61 bits per heavy atom. The van der Waals surface area contributed by atoms with Gasteiger partial charge >= 0.3 is 0 Å². The van der Waals surface area contributed by atoms with Gasteiger partial charge in [-0.15, -0.1) is 0 Å². The molecule has 1 aromatic rings. The predicted octanol–water partition coefficient (Wildman–Crippen LogP) is 1.61. The van der Waals surface area contributed by atoms with Crippen LogP contribution in [0, 0.1) is 18.3 Å². The zero-order chi connectivity index (χ0) is 13.3. The van der Waals surface area contributed by atoms with E-state index in [1.165, 1.54) is 17.2 Å². The summed E-state index contributed by atoms with van der Waals surface area (Å²) in [6, 6.07) is 3.69. The van der Waals surface area contributed by atoms with Crippen LogP contribution in [-0.4, -0.2) is 33.5 Å². The van der Waals surface area contributed by atoms with Crippen molar-refractivity contribution >= 4 is 5.91 Å². The van der Waals surface area contributed by atoms with E-state index in [4.69, 9.17) is 0 Å². The van der Waals surface area contributed by atoms with Crippen molar-refractivity contribution in [1.29, 1.82) is 5.26 Å². The van der Waals surface area contributed by atoms with E-state index in [0.717, 1.165) is 12.0 Å². The summed E-state index contributed by atoms with van der Waals surface area (Å²) in [6.45, 7) is 1.79. The lowest BCUT2D eigenvalue weighted by Crippen LogP contribution is -2.53. The van der Waals surface area contributed by atoms with Crippen LogP contribution in [0.15, 0.2) is 12.3 Å². The minimum atomic E-state index is -0.726. The standard InChI is InChI=1S/C13H15N3O2/c1-9-6-10(17)11(15-7-9)12(18)16(2)13(8-14)4-3-5-13/h6-7,17H,3-5H2,1-2H3. The number of pyridine rings is 1. The number of nitriles is 1. The minimum absolute atomic E-state index is 0.00428. The van der Waals surface area contributed by atoms with Gasteiger partial charge in [0, 0.05) is 13.2 Å². The zero-order valence-corrected chi connectivity index (χ0v) is 10.5. The first-order valence-corrected chi connectivity index (χ1v) is 5.85. The molecule has 18 heavy (non-hydrogen) atoms. The molecule has 1 heterocycles. The van der Waals surface area contributed by atoms with Crippen molar-refractivity contribution in [1.82, 2.24) is 9.88 Å². The van der Waals surface area contributed by atoms with Crippen molar-refractivity contribution in [2.45, 2.75) is 31.7 Å². The molecular weight excluding hydrogens is 230 g/mol. The average molecular weight is 245 g/mol. The number of carbonyl (C=O) groups is 1. The Hall–Kier alpha value is -2.09. The number of aryl methyl sites for hydroxylation is 1. The first-order valence-electron chi connectivity index (χ1n) is 5.85. The maximum Gasteiger partial charge on any atom is 0.277 e.